The number of hydrogen-bond acceptors (Lipinski definition) is 3. The van der Waals surface area contributed by atoms with Crippen molar-refractivity contribution < 1.29 is 4.79 Å². The van der Waals surface area contributed by atoms with E-state index >= 15 is 0 Å². The van der Waals surface area contributed by atoms with E-state index in [9.17, 15) is 4.79 Å². The summed E-state index contributed by atoms with van der Waals surface area (Å²) in [6.07, 6.45) is 6.53. The molecule has 1 atom stereocenters. The number of nitrogens with zero attached hydrogens (tertiary/aromatic N) is 2. The van der Waals surface area contributed by atoms with E-state index in [-0.39, 0.29) is 0 Å². The van der Waals surface area contributed by atoms with Crippen molar-refractivity contribution in [2.24, 2.45) is 5.92 Å². The number of thiophene rings is 1. The Labute approximate surface area is 192 Å². The number of fused-ring (bicyclic) bond motifs is 1. The maximum absolute atomic E-state index is 13.0. The summed E-state index contributed by atoms with van der Waals surface area (Å²) in [7, 11) is 0. The van der Waals surface area contributed by atoms with Crippen molar-refractivity contribution in [3.63, 3.8) is 0 Å². The fraction of sp³-hybridized carbons (Fsp3) is 0.593. The van der Waals surface area contributed by atoms with Crippen LogP contribution in [-0.2, 0) is 24.1 Å². The van der Waals surface area contributed by atoms with Gasteiger partial charge in [-0.15, -0.1) is 11.3 Å². The summed E-state index contributed by atoms with van der Waals surface area (Å²) in [6.45, 7) is 14.2. The molecular formula is C27H38N2OS. The Morgan fingerprint density at radius 2 is 1.81 bits per heavy atom. The highest BCUT2D eigenvalue weighted by atomic mass is 32.1. The number of aryl methyl sites for hydroxylation is 5. The van der Waals surface area contributed by atoms with Gasteiger partial charge in [0, 0.05) is 29.4 Å². The van der Waals surface area contributed by atoms with E-state index in [1.807, 2.05) is 11.3 Å². The molecule has 1 unspecified atom stereocenters. The lowest BCUT2D eigenvalue weighted by molar-refractivity contribution is -0.131. The van der Waals surface area contributed by atoms with Crippen LogP contribution in [-0.4, -0.2) is 48.4 Å². The summed E-state index contributed by atoms with van der Waals surface area (Å²) in [5.41, 5.74) is 6.81. The van der Waals surface area contributed by atoms with Gasteiger partial charge in [0.2, 0.25) is 5.91 Å². The fourth-order valence-corrected chi connectivity index (χ4v) is 6.40. The lowest BCUT2D eigenvalue weighted by Crippen LogP contribution is -2.43. The molecule has 3 nitrogen and oxygen atoms in total. The Kier molecular flexibility index (Phi) is 7.18. The molecule has 168 valence electrons. The largest absolute Gasteiger partial charge is 0.342 e. The monoisotopic (exact) mass is 438 g/mol. The molecule has 2 aliphatic rings. The SMILES string of the molecule is Cc1cc(CCCN2CCCC(CN3CCc4cc(C)c(C)cc4CC3=O)C2)c(C)s1. The maximum atomic E-state index is 13.0. The first-order chi connectivity index (χ1) is 14.9. The van der Waals surface area contributed by atoms with Gasteiger partial charge in [0.15, 0.2) is 0 Å². The third-order valence-corrected chi connectivity index (χ3v) is 8.32. The lowest BCUT2D eigenvalue weighted by atomic mass is 9.96. The van der Waals surface area contributed by atoms with Gasteiger partial charge in [-0.05, 0) is 113 Å². The predicted octanol–water partition coefficient (Wildman–Crippen LogP) is 5.25. The van der Waals surface area contributed by atoms with Crippen LogP contribution in [0.5, 0.6) is 0 Å². The molecule has 0 bridgehead atoms. The van der Waals surface area contributed by atoms with Crippen LogP contribution >= 0.6 is 11.3 Å². The maximum Gasteiger partial charge on any atom is 0.227 e. The molecule has 4 rings (SSSR count). The average molecular weight is 439 g/mol. The standard InChI is InChI=1S/C27H38N2OS/c1-19-13-25-9-12-29(27(30)16-26(25)14-20(19)2)18-23-7-5-10-28(17-23)11-6-8-24-15-21(3)31-22(24)4/h13-15,23H,5-12,16-18H2,1-4H3. The molecule has 0 N–H and O–H groups in total. The van der Waals surface area contributed by atoms with Gasteiger partial charge < -0.3 is 9.80 Å². The van der Waals surface area contributed by atoms with Gasteiger partial charge in [0.05, 0.1) is 6.42 Å². The Morgan fingerprint density at radius 1 is 1.03 bits per heavy atom. The van der Waals surface area contributed by atoms with Crippen LogP contribution in [0.3, 0.4) is 0 Å². The van der Waals surface area contributed by atoms with Gasteiger partial charge in [-0.1, -0.05) is 12.1 Å². The van der Waals surface area contributed by atoms with Crippen molar-refractivity contribution in [3.05, 3.63) is 55.8 Å². The number of hydrogen-bond donors (Lipinski definition) is 0. The van der Waals surface area contributed by atoms with E-state index in [2.05, 4.69) is 55.7 Å². The summed E-state index contributed by atoms with van der Waals surface area (Å²) in [5, 5.41) is 0. The Morgan fingerprint density at radius 3 is 2.55 bits per heavy atom. The minimum Gasteiger partial charge on any atom is -0.342 e. The molecular weight excluding hydrogens is 400 g/mol. The van der Waals surface area contributed by atoms with Gasteiger partial charge in [-0.25, -0.2) is 0 Å². The van der Waals surface area contributed by atoms with Gasteiger partial charge >= 0.3 is 0 Å². The summed E-state index contributed by atoms with van der Waals surface area (Å²) < 4.78 is 0. The van der Waals surface area contributed by atoms with Crippen molar-refractivity contribution in [2.45, 2.75) is 66.2 Å². The molecule has 4 heteroatoms. The molecule has 0 aliphatic carbocycles. The van der Waals surface area contributed by atoms with Crippen molar-refractivity contribution in [2.75, 3.05) is 32.7 Å². The van der Waals surface area contributed by atoms with Crippen LogP contribution in [0.1, 0.15) is 56.8 Å². The second-order valence-corrected chi connectivity index (χ2v) is 11.3. The zero-order valence-electron chi connectivity index (χ0n) is 19.8. The molecule has 0 radical (unpaired) electrons. The van der Waals surface area contributed by atoms with Gasteiger partial charge in [0.1, 0.15) is 0 Å². The molecule has 1 amide bonds. The third-order valence-electron chi connectivity index (χ3n) is 7.31. The highest BCUT2D eigenvalue weighted by molar-refractivity contribution is 7.12. The van der Waals surface area contributed by atoms with E-state index in [0.29, 0.717) is 18.2 Å². The molecule has 31 heavy (non-hydrogen) atoms. The molecule has 2 aliphatic heterocycles. The van der Waals surface area contributed by atoms with Crippen molar-refractivity contribution in [1.29, 1.82) is 0 Å². The predicted molar refractivity (Wildman–Crippen MR) is 131 cm³/mol. The summed E-state index contributed by atoms with van der Waals surface area (Å²) in [5.74, 6) is 0.940. The Bertz CT molecular complexity index is 932. The Hall–Kier alpha value is -1.65. The number of piperidine rings is 1. The zero-order valence-corrected chi connectivity index (χ0v) is 20.6. The smallest absolute Gasteiger partial charge is 0.227 e. The summed E-state index contributed by atoms with van der Waals surface area (Å²) in [6, 6.07) is 6.91. The van der Waals surface area contributed by atoms with Crippen molar-refractivity contribution in [1.82, 2.24) is 9.80 Å². The van der Waals surface area contributed by atoms with E-state index in [4.69, 9.17) is 0 Å². The number of amides is 1. The van der Waals surface area contributed by atoms with Crippen LogP contribution < -0.4 is 0 Å². The van der Waals surface area contributed by atoms with Crippen molar-refractivity contribution >= 4 is 17.2 Å². The van der Waals surface area contributed by atoms with E-state index in [1.165, 1.54) is 76.3 Å². The first-order valence-electron chi connectivity index (χ1n) is 12.0. The normalized spacial score (nSPS) is 20.1. The van der Waals surface area contributed by atoms with Gasteiger partial charge in [0.25, 0.3) is 0 Å². The minimum absolute atomic E-state index is 0.322. The van der Waals surface area contributed by atoms with Gasteiger partial charge in [-0.2, -0.15) is 0 Å². The number of carbonyl (C=O) groups excluding carboxylic acids is 1. The molecule has 1 saturated heterocycles. The molecule has 2 aromatic rings. The second-order valence-electron chi connectivity index (χ2n) is 9.82. The molecule has 3 heterocycles. The lowest BCUT2D eigenvalue weighted by Gasteiger charge is -2.35. The third kappa shape index (κ3) is 5.59. The minimum atomic E-state index is 0.322. The van der Waals surface area contributed by atoms with E-state index < -0.39 is 0 Å². The molecule has 1 aromatic heterocycles. The number of benzene rings is 1. The number of rotatable bonds is 6. The topological polar surface area (TPSA) is 23.6 Å². The first kappa shape index (κ1) is 22.5. The van der Waals surface area contributed by atoms with Crippen LogP contribution in [0.15, 0.2) is 18.2 Å². The summed E-state index contributed by atoms with van der Waals surface area (Å²) in [4.78, 5) is 20.7. The van der Waals surface area contributed by atoms with Crippen LogP contribution in [0, 0.1) is 33.6 Å². The highest BCUT2D eigenvalue weighted by Gasteiger charge is 2.26. The average Bonchev–Trinajstić information content (AvgIpc) is 2.97. The number of likely N-dealkylation sites (tertiary alicyclic amines) is 1. The molecule has 0 saturated carbocycles. The molecule has 1 aromatic carbocycles. The number of carbonyl (C=O) groups is 1. The second kappa shape index (κ2) is 9.87. The van der Waals surface area contributed by atoms with Gasteiger partial charge in [-0.3, -0.25) is 4.79 Å². The highest BCUT2D eigenvalue weighted by Crippen LogP contribution is 2.25. The van der Waals surface area contributed by atoms with E-state index in [0.717, 1.165) is 26.1 Å². The molecule has 1 fully saturated rings. The quantitative estimate of drug-likeness (QED) is 0.615. The summed E-state index contributed by atoms with van der Waals surface area (Å²) >= 11 is 1.92. The molecule has 0 spiro atoms. The first-order valence-corrected chi connectivity index (χ1v) is 12.9. The zero-order chi connectivity index (χ0) is 22.0. The van der Waals surface area contributed by atoms with Crippen molar-refractivity contribution in [3.8, 4) is 0 Å². The van der Waals surface area contributed by atoms with Crippen LogP contribution in [0.25, 0.3) is 0 Å². The van der Waals surface area contributed by atoms with Crippen LogP contribution in [0.4, 0.5) is 0 Å². The fourth-order valence-electron chi connectivity index (χ4n) is 5.42. The Balaban J connectivity index is 1.29. The van der Waals surface area contributed by atoms with Crippen LogP contribution in [0.2, 0.25) is 0 Å². The van der Waals surface area contributed by atoms with E-state index in [1.54, 1.807) is 0 Å².